The molecule has 0 radical (unpaired) electrons. The van der Waals surface area contributed by atoms with Gasteiger partial charge in [-0.05, 0) is 32.6 Å². The van der Waals surface area contributed by atoms with Gasteiger partial charge in [-0.2, -0.15) is 0 Å². The maximum Gasteiger partial charge on any atom is 0.0702 e. The number of allylic oxidation sites excluding steroid dienone is 1. The fourth-order valence-electron chi connectivity index (χ4n) is 1.49. The van der Waals surface area contributed by atoms with Gasteiger partial charge >= 0.3 is 0 Å². The van der Waals surface area contributed by atoms with Crippen molar-refractivity contribution in [3.8, 4) is 0 Å². The fourth-order valence-corrected chi connectivity index (χ4v) is 1.49. The van der Waals surface area contributed by atoms with Crippen molar-refractivity contribution in [2.45, 2.75) is 59.5 Å². The highest BCUT2D eigenvalue weighted by Crippen LogP contribution is 2.25. The van der Waals surface area contributed by atoms with E-state index in [1.807, 2.05) is 0 Å². The van der Waals surface area contributed by atoms with Crippen molar-refractivity contribution in [2.75, 3.05) is 7.11 Å². The highest BCUT2D eigenvalue weighted by molar-refractivity contribution is 5.06. The lowest BCUT2D eigenvalue weighted by molar-refractivity contribution is -0.0105. The van der Waals surface area contributed by atoms with Gasteiger partial charge in [0.1, 0.15) is 0 Å². The Morgan fingerprint density at radius 3 is 2.38 bits per heavy atom. The van der Waals surface area contributed by atoms with Crippen LogP contribution >= 0.6 is 0 Å². The number of methoxy groups -OCH3 is 1. The van der Waals surface area contributed by atoms with Crippen LogP contribution < -0.4 is 5.73 Å². The van der Waals surface area contributed by atoms with Crippen molar-refractivity contribution in [3.05, 3.63) is 11.8 Å². The van der Waals surface area contributed by atoms with Crippen molar-refractivity contribution in [1.29, 1.82) is 0 Å². The molecule has 0 rings (SSSR count). The smallest absolute Gasteiger partial charge is 0.0702 e. The molecule has 0 aromatic rings. The van der Waals surface area contributed by atoms with E-state index in [0.717, 1.165) is 18.0 Å². The zero-order valence-corrected chi connectivity index (χ0v) is 11.8. The molecule has 0 saturated carbocycles. The van der Waals surface area contributed by atoms with Crippen LogP contribution in [0.2, 0.25) is 0 Å². The van der Waals surface area contributed by atoms with Crippen molar-refractivity contribution in [2.24, 2.45) is 17.6 Å². The second-order valence-electron chi connectivity index (χ2n) is 5.32. The molecule has 0 aliphatic heterocycles. The highest BCUT2D eigenvalue weighted by Gasteiger charge is 2.26. The standard InChI is InChI=1S/C14H29NO/c1-7-11(2)9-8-10-13(15)12(3)14(4,5)16-6/h10-12H,7-9,15H2,1-6H3/b13-10-. The molecular weight excluding hydrogens is 198 g/mol. The van der Waals surface area contributed by atoms with E-state index in [4.69, 9.17) is 10.5 Å². The molecule has 0 aliphatic rings. The van der Waals surface area contributed by atoms with E-state index in [1.165, 1.54) is 12.8 Å². The molecule has 2 heteroatoms. The normalized spacial score (nSPS) is 17.2. The third-order valence-electron chi connectivity index (χ3n) is 3.81. The molecule has 2 N–H and O–H groups in total. The number of nitrogens with two attached hydrogens (primary N) is 1. The lowest BCUT2D eigenvalue weighted by Gasteiger charge is -2.30. The van der Waals surface area contributed by atoms with E-state index in [2.05, 4.69) is 40.7 Å². The van der Waals surface area contributed by atoms with E-state index >= 15 is 0 Å². The maximum atomic E-state index is 6.09. The van der Waals surface area contributed by atoms with Crippen LogP contribution in [-0.2, 0) is 4.74 Å². The fraction of sp³-hybridized carbons (Fsp3) is 0.857. The molecule has 0 heterocycles. The van der Waals surface area contributed by atoms with Crippen LogP contribution in [0.1, 0.15) is 53.9 Å². The first-order valence-electron chi connectivity index (χ1n) is 6.35. The number of hydrogen-bond acceptors (Lipinski definition) is 2. The average Bonchev–Trinajstić information content (AvgIpc) is 2.27. The summed E-state index contributed by atoms with van der Waals surface area (Å²) >= 11 is 0. The van der Waals surface area contributed by atoms with Crippen LogP contribution in [0.3, 0.4) is 0 Å². The van der Waals surface area contributed by atoms with Gasteiger partial charge in [0.25, 0.3) is 0 Å². The largest absolute Gasteiger partial charge is 0.402 e. The summed E-state index contributed by atoms with van der Waals surface area (Å²) in [4.78, 5) is 0. The van der Waals surface area contributed by atoms with Crippen LogP contribution in [0.25, 0.3) is 0 Å². The summed E-state index contributed by atoms with van der Waals surface area (Å²) in [5, 5.41) is 0. The quantitative estimate of drug-likeness (QED) is 0.719. The summed E-state index contributed by atoms with van der Waals surface area (Å²) in [5.74, 6) is 1.05. The average molecular weight is 227 g/mol. The van der Waals surface area contributed by atoms with E-state index < -0.39 is 0 Å². The van der Waals surface area contributed by atoms with Gasteiger partial charge in [-0.15, -0.1) is 0 Å². The SMILES string of the molecule is CCC(C)CC/C=C(\N)C(C)C(C)(C)OC. The summed E-state index contributed by atoms with van der Waals surface area (Å²) in [5.41, 5.74) is 6.86. The van der Waals surface area contributed by atoms with Gasteiger partial charge in [0, 0.05) is 18.7 Å². The second kappa shape index (κ2) is 6.95. The minimum Gasteiger partial charge on any atom is -0.402 e. The zero-order valence-electron chi connectivity index (χ0n) is 11.8. The molecule has 2 nitrogen and oxygen atoms in total. The molecule has 0 bridgehead atoms. The van der Waals surface area contributed by atoms with Crippen molar-refractivity contribution in [3.63, 3.8) is 0 Å². The van der Waals surface area contributed by atoms with Crippen LogP contribution in [0.5, 0.6) is 0 Å². The lowest BCUT2D eigenvalue weighted by atomic mass is 9.89. The molecular formula is C14H29NO. The van der Waals surface area contributed by atoms with E-state index in [1.54, 1.807) is 7.11 Å². The summed E-state index contributed by atoms with van der Waals surface area (Å²) in [7, 11) is 1.74. The second-order valence-corrected chi connectivity index (χ2v) is 5.32. The van der Waals surface area contributed by atoms with E-state index in [0.29, 0.717) is 0 Å². The monoisotopic (exact) mass is 227 g/mol. The Balaban J connectivity index is 4.22. The first-order valence-corrected chi connectivity index (χ1v) is 6.35. The Morgan fingerprint density at radius 2 is 1.94 bits per heavy atom. The summed E-state index contributed by atoms with van der Waals surface area (Å²) in [6.45, 7) is 10.8. The molecule has 16 heavy (non-hydrogen) atoms. The number of hydrogen-bond donors (Lipinski definition) is 1. The van der Waals surface area contributed by atoms with Crippen LogP contribution in [-0.4, -0.2) is 12.7 Å². The molecule has 2 atom stereocenters. The first kappa shape index (κ1) is 15.5. The lowest BCUT2D eigenvalue weighted by Crippen LogP contribution is -2.34. The molecule has 0 aromatic carbocycles. The topological polar surface area (TPSA) is 35.2 Å². The van der Waals surface area contributed by atoms with Gasteiger partial charge < -0.3 is 10.5 Å². The first-order chi connectivity index (χ1) is 7.35. The van der Waals surface area contributed by atoms with Crippen LogP contribution in [0.15, 0.2) is 11.8 Å². The number of ether oxygens (including phenoxy) is 1. The predicted octanol–water partition coefficient (Wildman–Crippen LogP) is 3.72. The number of rotatable bonds is 7. The molecule has 0 aliphatic carbocycles. The van der Waals surface area contributed by atoms with Gasteiger partial charge in [0.15, 0.2) is 0 Å². The van der Waals surface area contributed by atoms with E-state index in [9.17, 15) is 0 Å². The minimum absolute atomic E-state index is 0.184. The molecule has 0 aromatic heterocycles. The molecule has 0 saturated heterocycles. The Hall–Kier alpha value is -0.500. The molecule has 0 amide bonds. The Bertz CT molecular complexity index is 221. The van der Waals surface area contributed by atoms with Crippen LogP contribution in [0, 0.1) is 11.8 Å². The van der Waals surface area contributed by atoms with Gasteiger partial charge in [-0.25, -0.2) is 0 Å². The summed E-state index contributed by atoms with van der Waals surface area (Å²) in [6, 6.07) is 0. The van der Waals surface area contributed by atoms with E-state index in [-0.39, 0.29) is 11.5 Å². The predicted molar refractivity (Wildman–Crippen MR) is 71.2 cm³/mol. The van der Waals surface area contributed by atoms with Crippen molar-refractivity contribution in [1.82, 2.24) is 0 Å². The van der Waals surface area contributed by atoms with Gasteiger partial charge in [0.05, 0.1) is 5.60 Å². The highest BCUT2D eigenvalue weighted by atomic mass is 16.5. The third kappa shape index (κ3) is 5.02. The molecule has 0 spiro atoms. The molecule has 0 fully saturated rings. The van der Waals surface area contributed by atoms with Crippen molar-refractivity contribution < 1.29 is 4.74 Å². The van der Waals surface area contributed by atoms with Gasteiger partial charge in [0.2, 0.25) is 0 Å². The Kier molecular flexibility index (Phi) is 6.73. The maximum absolute atomic E-state index is 6.09. The Morgan fingerprint density at radius 1 is 1.38 bits per heavy atom. The Labute approximate surface area is 101 Å². The molecule has 2 unspecified atom stereocenters. The minimum atomic E-state index is -0.184. The van der Waals surface area contributed by atoms with Gasteiger partial charge in [-0.1, -0.05) is 33.3 Å². The molecule has 96 valence electrons. The van der Waals surface area contributed by atoms with Crippen molar-refractivity contribution >= 4 is 0 Å². The summed E-state index contributed by atoms with van der Waals surface area (Å²) < 4.78 is 5.45. The van der Waals surface area contributed by atoms with Crippen LogP contribution in [0.4, 0.5) is 0 Å². The zero-order chi connectivity index (χ0) is 12.8. The van der Waals surface area contributed by atoms with Gasteiger partial charge in [-0.3, -0.25) is 0 Å². The third-order valence-corrected chi connectivity index (χ3v) is 3.81. The summed E-state index contributed by atoms with van der Waals surface area (Å²) in [6.07, 6.45) is 5.70.